The smallest absolute Gasteiger partial charge is 0.182 e. The van der Waals surface area contributed by atoms with Gasteiger partial charge in [0.2, 0.25) is 0 Å². The highest BCUT2D eigenvalue weighted by molar-refractivity contribution is 7.20. The van der Waals surface area contributed by atoms with Gasteiger partial charge >= 0.3 is 0 Å². The zero-order valence-corrected chi connectivity index (χ0v) is 11.5. The summed E-state index contributed by atoms with van der Waals surface area (Å²) in [5, 5.41) is 11.7. The average molecular weight is 286 g/mol. The molecule has 94 valence electrons. The number of thiazole rings is 1. The summed E-state index contributed by atoms with van der Waals surface area (Å²) >= 11 is 2.96. The molecular formula is C13H10N4S2. The Balaban J connectivity index is 1.96. The van der Waals surface area contributed by atoms with Crippen molar-refractivity contribution in [2.45, 2.75) is 0 Å². The highest BCUT2D eigenvalue weighted by Crippen LogP contribution is 2.39. The molecule has 0 aliphatic heterocycles. The zero-order valence-electron chi connectivity index (χ0n) is 9.85. The van der Waals surface area contributed by atoms with E-state index in [1.54, 1.807) is 11.3 Å². The minimum absolute atomic E-state index is 0.505. The zero-order chi connectivity index (χ0) is 13.1. The number of thiophene rings is 1. The van der Waals surface area contributed by atoms with Crippen LogP contribution in [0.15, 0.2) is 58.1 Å². The molecule has 0 aliphatic rings. The summed E-state index contributed by atoms with van der Waals surface area (Å²) in [7, 11) is 0. The Labute approximate surface area is 118 Å². The van der Waals surface area contributed by atoms with Gasteiger partial charge in [-0.05, 0) is 23.6 Å². The number of nitrogens with zero attached hydrogens (tertiary/aromatic N) is 3. The van der Waals surface area contributed by atoms with Gasteiger partial charge < -0.3 is 5.73 Å². The molecule has 1 aromatic carbocycles. The number of rotatable bonds is 3. The minimum Gasteiger partial charge on any atom is -0.375 e. The van der Waals surface area contributed by atoms with Crippen LogP contribution in [-0.4, -0.2) is 4.98 Å². The lowest BCUT2D eigenvalue weighted by atomic mass is 10.3. The van der Waals surface area contributed by atoms with Crippen LogP contribution in [0.1, 0.15) is 0 Å². The van der Waals surface area contributed by atoms with E-state index in [0.717, 1.165) is 21.3 Å². The van der Waals surface area contributed by atoms with Gasteiger partial charge in [-0.25, -0.2) is 4.98 Å². The fourth-order valence-corrected chi connectivity index (χ4v) is 3.02. The summed E-state index contributed by atoms with van der Waals surface area (Å²) < 4.78 is 0. The normalized spacial score (nSPS) is 11.2. The van der Waals surface area contributed by atoms with Crippen molar-refractivity contribution in [2.75, 3.05) is 5.73 Å². The predicted octanol–water partition coefficient (Wildman–Crippen LogP) is 4.87. The summed E-state index contributed by atoms with van der Waals surface area (Å²) in [4.78, 5) is 5.37. The molecule has 0 radical (unpaired) electrons. The van der Waals surface area contributed by atoms with Gasteiger partial charge in [-0.1, -0.05) is 35.6 Å². The van der Waals surface area contributed by atoms with Crippen molar-refractivity contribution in [2.24, 2.45) is 10.2 Å². The van der Waals surface area contributed by atoms with Crippen molar-refractivity contribution in [1.82, 2.24) is 4.98 Å². The fraction of sp³-hybridized carbons (Fsp3) is 0. The Morgan fingerprint density at radius 2 is 1.84 bits per heavy atom. The van der Waals surface area contributed by atoms with Gasteiger partial charge in [0, 0.05) is 0 Å². The van der Waals surface area contributed by atoms with Gasteiger partial charge in [0.1, 0.15) is 5.69 Å². The number of anilines is 1. The first-order chi connectivity index (χ1) is 9.33. The lowest BCUT2D eigenvalue weighted by molar-refractivity contribution is 1.25. The number of hydrogen-bond donors (Lipinski definition) is 1. The molecule has 0 saturated heterocycles. The van der Waals surface area contributed by atoms with Crippen LogP contribution in [0.2, 0.25) is 0 Å². The van der Waals surface area contributed by atoms with Crippen molar-refractivity contribution < 1.29 is 0 Å². The summed E-state index contributed by atoms with van der Waals surface area (Å²) in [5.74, 6) is 0. The first-order valence-corrected chi connectivity index (χ1v) is 7.29. The molecule has 0 spiro atoms. The van der Waals surface area contributed by atoms with E-state index < -0.39 is 0 Å². The summed E-state index contributed by atoms with van der Waals surface area (Å²) in [5.41, 5.74) is 7.38. The Bertz CT molecular complexity index is 687. The molecule has 6 heteroatoms. The van der Waals surface area contributed by atoms with Crippen molar-refractivity contribution in [1.29, 1.82) is 0 Å². The number of aromatic nitrogens is 1. The minimum atomic E-state index is 0.505. The van der Waals surface area contributed by atoms with Crippen LogP contribution in [0.4, 0.5) is 15.8 Å². The molecule has 3 rings (SSSR count). The Morgan fingerprint density at radius 3 is 2.58 bits per heavy atom. The number of azo groups is 1. The van der Waals surface area contributed by atoms with Crippen molar-refractivity contribution in [3.63, 3.8) is 0 Å². The maximum Gasteiger partial charge on any atom is 0.182 e. The molecule has 0 atom stereocenters. The van der Waals surface area contributed by atoms with Crippen LogP contribution in [0.25, 0.3) is 10.6 Å². The lowest BCUT2D eigenvalue weighted by Gasteiger charge is -1.92. The third kappa shape index (κ3) is 2.69. The van der Waals surface area contributed by atoms with Crippen LogP contribution in [0.5, 0.6) is 0 Å². The molecule has 0 aliphatic carbocycles. The van der Waals surface area contributed by atoms with E-state index in [4.69, 9.17) is 5.73 Å². The lowest BCUT2D eigenvalue weighted by Crippen LogP contribution is -1.80. The summed E-state index contributed by atoms with van der Waals surface area (Å²) in [6.45, 7) is 0. The topological polar surface area (TPSA) is 63.6 Å². The summed E-state index contributed by atoms with van der Waals surface area (Å²) in [6, 6.07) is 13.6. The standard InChI is InChI=1S/C13H10N4S2/c14-13-15-11(10-7-4-8-18-10)12(19-13)17-16-9-5-2-1-3-6-9/h1-8H,(H2,14,15)/b17-16+. The molecule has 2 aromatic heterocycles. The van der Waals surface area contributed by atoms with Gasteiger partial charge in [-0.2, -0.15) is 0 Å². The van der Waals surface area contributed by atoms with E-state index >= 15 is 0 Å². The third-order valence-corrected chi connectivity index (χ3v) is 4.04. The van der Waals surface area contributed by atoms with Crippen LogP contribution in [0, 0.1) is 0 Å². The number of nitrogens with two attached hydrogens (primary N) is 1. The van der Waals surface area contributed by atoms with E-state index in [0.29, 0.717) is 5.13 Å². The van der Waals surface area contributed by atoms with Gasteiger partial charge in [0.25, 0.3) is 0 Å². The van der Waals surface area contributed by atoms with Crippen LogP contribution in [0.3, 0.4) is 0 Å². The molecule has 3 aromatic rings. The van der Waals surface area contributed by atoms with Crippen LogP contribution < -0.4 is 5.73 Å². The second-order valence-electron chi connectivity index (χ2n) is 3.72. The second-order valence-corrected chi connectivity index (χ2v) is 5.68. The number of hydrogen-bond acceptors (Lipinski definition) is 6. The molecule has 4 nitrogen and oxygen atoms in total. The number of nitrogen functional groups attached to an aromatic ring is 1. The van der Waals surface area contributed by atoms with Crippen LogP contribution >= 0.6 is 22.7 Å². The highest BCUT2D eigenvalue weighted by Gasteiger charge is 2.12. The van der Waals surface area contributed by atoms with Crippen LogP contribution in [-0.2, 0) is 0 Å². The van der Waals surface area contributed by atoms with Crippen molar-refractivity contribution in [3.05, 3.63) is 47.8 Å². The molecule has 0 fully saturated rings. The Kier molecular flexibility index (Phi) is 3.35. The predicted molar refractivity (Wildman–Crippen MR) is 80.5 cm³/mol. The van der Waals surface area contributed by atoms with Gasteiger partial charge in [-0.3, -0.25) is 0 Å². The summed E-state index contributed by atoms with van der Waals surface area (Å²) in [6.07, 6.45) is 0. The SMILES string of the molecule is Nc1nc(-c2cccs2)c(/N=N/c2ccccc2)s1. The molecule has 2 heterocycles. The van der Waals surface area contributed by atoms with E-state index in [9.17, 15) is 0 Å². The van der Waals surface area contributed by atoms with E-state index in [1.807, 2.05) is 47.8 Å². The van der Waals surface area contributed by atoms with Gasteiger partial charge in [0.15, 0.2) is 10.1 Å². The van der Waals surface area contributed by atoms with Gasteiger partial charge in [0.05, 0.1) is 10.6 Å². The largest absolute Gasteiger partial charge is 0.375 e. The molecule has 2 N–H and O–H groups in total. The first-order valence-electron chi connectivity index (χ1n) is 5.60. The fourth-order valence-electron chi connectivity index (χ4n) is 1.57. The van der Waals surface area contributed by atoms with Crippen molar-refractivity contribution in [3.8, 4) is 10.6 Å². The molecule has 0 saturated carbocycles. The highest BCUT2D eigenvalue weighted by atomic mass is 32.1. The van der Waals surface area contributed by atoms with Gasteiger partial charge in [-0.15, -0.1) is 21.6 Å². The first kappa shape index (κ1) is 12.0. The van der Waals surface area contributed by atoms with E-state index in [-0.39, 0.29) is 0 Å². The Morgan fingerprint density at radius 1 is 1.00 bits per heavy atom. The van der Waals surface area contributed by atoms with E-state index in [2.05, 4.69) is 15.2 Å². The molecule has 0 amide bonds. The maximum atomic E-state index is 5.76. The Hall–Kier alpha value is -2.05. The van der Waals surface area contributed by atoms with Crippen molar-refractivity contribution >= 4 is 38.5 Å². The molecule has 0 bridgehead atoms. The maximum absolute atomic E-state index is 5.76. The number of benzene rings is 1. The second kappa shape index (κ2) is 5.29. The monoisotopic (exact) mass is 286 g/mol. The quantitative estimate of drug-likeness (QED) is 0.698. The molecule has 19 heavy (non-hydrogen) atoms. The molecular weight excluding hydrogens is 276 g/mol. The molecule has 0 unspecified atom stereocenters. The third-order valence-electron chi connectivity index (χ3n) is 2.39. The average Bonchev–Trinajstić information content (AvgIpc) is 3.06. The van der Waals surface area contributed by atoms with E-state index in [1.165, 1.54) is 11.3 Å².